The molecule has 4 nitrogen and oxygen atoms in total. The van der Waals surface area contributed by atoms with Crippen LogP contribution in [-0.4, -0.2) is 30.6 Å². The molecule has 0 rings (SSSR count). The van der Waals surface area contributed by atoms with E-state index in [1.807, 2.05) is 6.92 Å². The van der Waals surface area contributed by atoms with Crippen LogP contribution < -0.4 is 0 Å². The highest BCUT2D eigenvalue weighted by Crippen LogP contribution is 2.14. The highest BCUT2D eigenvalue weighted by Gasteiger charge is 2.31. The standard InChI is InChI=1S/C12H22O4/c1-7-9(15-6)10(13)8(2)11(14)16-12(3,4)5/h8-9H,7H2,1-6H3. The van der Waals surface area contributed by atoms with E-state index in [-0.39, 0.29) is 5.78 Å². The minimum absolute atomic E-state index is 0.223. The molecule has 0 radical (unpaired) electrons. The lowest BCUT2D eigenvalue weighted by molar-refractivity contribution is -0.163. The third kappa shape index (κ3) is 4.75. The number of Topliss-reactive ketones (excluding diaryl/α,β-unsaturated/α-hetero) is 1. The van der Waals surface area contributed by atoms with Crippen molar-refractivity contribution < 1.29 is 19.1 Å². The van der Waals surface area contributed by atoms with Gasteiger partial charge in [-0.05, 0) is 34.1 Å². The van der Waals surface area contributed by atoms with Gasteiger partial charge in [0, 0.05) is 7.11 Å². The second-order valence-electron chi connectivity index (χ2n) is 4.79. The van der Waals surface area contributed by atoms with Crippen LogP contribution in [0.3, 0.4) is 0 Å². The van der Waals surface area contributed by atoms with Crippen molar-refractivity contribution in [2.24, 2.45) is 5.92 Å². The lowest BCUT2D eigenvalue weighted by Gasteiger charge is -2.23. The molecule has 4 heteroatoms. The summed E-state index contributed by atoms with van der Waals surface area (Å²) in [5.74, 6) is -1.49. The van der Waals surface area contributed by atoms with E-state index in [1.54, 1.807) is 27.7 Å². The smallest absolute Gasteiger partial charge is 0.316 e. The van der Waals surface area contributed by atoms with Crippen LogP contribution >= 0.6 is 0 Å². The molecule has 0 aliphatic rings. The van der Waals surface area contributed by atoms with Gasteiger partial charge in [-0.3, -0.25) is 9.59 Å². The van der Waals surface area contributed by atoms with Gasteiger partial charge in [-0.2, -0.15) is 0 Å². The summed E-state index contributed by atoms with van der Waals surface area (Å²) in [6.07, 6.45) is 0.0326. The lowest BCUT2D eigenvalue weighted by Crippen LogP contribution is -2.36. The van der Waals surface area contributed by atoms with E-state index in [9.17, 15) is 9.59 Å². The van der Waals surface area contributed by atoms with E-state index in [4.69, 9.17) is 9.47 Å². The summed E-state index contributed by atoms with van der Waals surface area (Å²) in [5.41, 5.74) is -0.569. The first kappa shape index (κ1) is 15.1. The number of ketones is 1. The Kier molecular flexibility index (Phi) is 5.65. The molecule has 16 heavy (non-hydrogen) atoms. The summed E-state index contributed by atoms with van der Waals surface area (Å²) >= 11 is 0. The molecule has 0 aromatic carbocycles. The second kappa shape index (κ2) is 5.99. The number of hydrogen-bond donors (Lipinski definition) is 0. The van der Waals surface area contributed by atoms with E-state index in [1.165, 1.54) is 7.11 Å². The van der Waals surface area contributed by atoms with Crippen LogP contribution in [0.4, 0.5) is 0 Å². The maximum Gasteiger partial charge on any atom is 0.316 e. The molecule has 0 aliphatic heterocycles. The summed E-state index contributed by atoms with van der Waals surface area (Å²) in [7, 11) is 1.47. The molecular formula is C12H22O4. The summed E-state index contributed by atoms with van der Waals surface area (Å²) in [6.45, 7) is 8.72. The normalized spacial score (nSPS) is 15.4. The Bertz CT molecular complexity index is 248. The largest absolute Gasteiger partial charge is 0.459 e. The number of rotatable bonds is 5. The van der Waals surface area contributed by atoms with Crippen molar-refractivity contribution >= 4 is 11.8 Å². The zero-order chi connectivity index (χ0) is 12.9. The topological polar surface area (TPSA) is 52.6 Å². The van der Waals surface area contributed by atoms with Crippen LogP contribution in [0.25, 0.3) is 0 Å². The van der Waals surface area contributed by atoms with Crippen molar-refractivity contribution in [1.29, 1.82) is 0 Å². The molecule has 0 aromatic rings. The molecule has 2 unspecified atom stereocenters. The van der Waals surface area contributed by atoms with Crippen molar-refractivity contribution in [2.45, 2.75) is 52.7 Å². The van der Waals surface area contributed by atoms with Crippen molar-refractivity contribution in [3.05, 3.63) is 0 Å². The minimum Gasteiger partial charge on any atom is -0.459 e. The van der Waals surface area contributed by atoms with E-state index < -0.39 is 23.6 Å². The second-order valence-corrected chi connectivity index (χ2v) is 4.79. The number of hydrogen-bond acceptors (Lipinski definition) is 4. The molecule has 0 aromatic heterocycles. The molecule has 2 atom stereocenters. The number of methoxy groups -OCH3 is 1. The van der Waals surface area contributed by atoms with Crippen LogP contribution in [0.15, 0.2) is 0 Å². The maximum absolute atomic E-state index is 11.8. The number of carbonyl (C=O) groups excluding carboxylic acids is 2. The monoisotopic (exact) mass is 230 g/mol. The van der Waals surface area contributed by atoms with E-state index in [0.717, 1.165) is 0 Å². The van der Waals surface area contributed by atoms with Crippen molar-refractivity contribution in [3.8, 4) is 0 Å². The molecule has 0 saturated heterocycles. The first-order valence-corrected chi connectivity index (χ1v) is 5.52. The Morgan fingerprint density at radius 3 is 2.06 bits per heavy atom. The van der Waals surface area contributed by atoms with Crippen LogP contribution in [0.2, 0.25) is 0 Å². The number of ether oxygens (including phenoxy) is 2. The van der Waals surface area contributed by atoms with Crippen LogP contribution in [0.1, 0.15) is 41.0 Å². The molecule has 0 spiro atoms. The molecular weight excluding hydrogens is 208 g/mol. The molecule has 0 fully saturated rings. The van der Waals surface area contributed by atoms with Crippen molar-refractivity contribution in [1.82, 2.24) is 0 Å². The highest BCUT2D eigenvalue weighted by atomic mass is 16.6. The van der Waals surface area contributed by atoms with Crippen molar-refractivity contribution in [2.75, 3.05) is 7.11 Å². The lowest BCUT2D eigenvalue weighted by atomic mass is 10.00. The average Bonchev–Trinajstić information content (AvgIpc) is 2.15. The Hall–Kier alpha value is -0.900. The summed E-state index contributed by atoms with van der Waals surface area (Å²) in [6, 6.07) is 0. The molecule has 0 amide bonds. The predicted molar refractivity (Wildman–Crippen MR) is 61.1 cm³/mol. The van der Waals surface area contributed by atoms with Gasteiger partial charge < -0.3 is 9.47 Å². The molecule has 0 heterocycles. The van der Waals surface area contributed by atoms with Crippen molar-refractivity contribution in [3.63, 3.8) is 0 Å². The molecule has 94 valence electrons. The SMILES string of the molecule is CCC(OC)C(=O)C(C)C(=O)OC(C)(C)C. The van der Waals surface area contributed by atoms with Gasteiger partial charge in [0.15, 0.2) is 5.78 Å². The van der Waals surface area contributed by atoms with E-state index >= 15 is 0 Å². The van der Waals surface area contributed by atoms with Crippen LogP contribution in [0.5, 0.6) is 0 Å². The zero-order valence-corrected chi connectivity index (χ0v) is 11.0. The molecule has 0 saturated carbocycles. The van der Waals surface area contributed by atoms with Gasteiger partial charge >= 0.3 is 5.97 Å². The number of carbonyl (C=O) groups is 2. The fourth-order valence-electron chi connectivity index (χ4n) is 1.27. The molecule has 0 N–H and O–H groups in total. The first-order valence-electron chi connectivity index (χ1n) is 5.52. The number of esters is 1. The third-order valence-electron chi connectivity index (χ3n) is 2.16. The van der Waals surface area contributed by atoms with Crippen LogP contribution in [-0.2, 0) is 19.1 Å². The Balaban J connectivity index is 4.49. The zero-order valence-electron chi connectivity index (χ0n) is 11.0. The maximum atomic E-state index is 11.8. The quantitative estimate of drug-likeness (QED) is 0.535. The third-order valence-corrected chi connectivity index (χ3v) is 2.16. The minimum atomic E-state index is -0.774. The molecule has 0 bridgehead atoms. The first-order chi connectivity index (χ1) is 7.22. The summed E-state index contributed by atoms with van der Waals surface area (Å²) in [4.78, 5) is 23.4. The highest BCUT2D eigenvalue weighted by molar-refractivity contribution is 6.00. The predicted octanol–water partition coefficient (Wildman–Crippen LogP) is 1.96. The van der Waals surface area contributed by atoms with Gasteiger partial charge in [0.1, 0.15) is 17.6 Å². The van der Waals surface area contributed by atoms with Gasteiger partial charge in [-0.15, -0.1) is 0 Å². The fourth-order valence-corrected chi connectivity index (χ4v) is 1.27. The van der Waals surface area contributed by atoms with Gasteiger partial charge in [0.05, 0.1) is 0 Å². The summed E-state index contributed by atoms with van der Waals surface area (Å²) in [5, 5.41) is 0. The Morgan fingerprint density at radius 1 is 1.25 bits per heavy atom. The van der Waals surface area contributed by atoms with Gasteiger partial charge in [-0.25, -0.2) is 0 Å². The fraction of sp³-hybridized carbons (Fsp3) is 0.833. The van der Waals surface area contributed by atoms with Gasteiger partial charge in [0.25, 0.3) is 0 Å². The van der Waals surface area contributed by atoms with E-state index in [2.05, 4.69) is 0 Å². The van der Waals surface area contributed by atoms with Gasteiger partial charge in [-0.1, -0.05) is 6.92 Å². The Morgan fingerprint density at radius 2 is 1.75 bits per heavy atom. The average molecular weight is 230 g/mol. The molecule has 0 aliphatic carbocycles. The Labute approximate surface area is 97.3 Å². The van der Waals surface area contributed by atoms with Gasteiger partial charge in [0.2, 0.25) is 0 Å². The van der Waals surface area contributed by atoms with Crippen LogP contribution in [0, 0.1) is 5.92 Å². The summed E-state index contributed by atoms with van der Waals surface area (Å²) < 4.78 is 10.1. The van der Waals surface area contributed by atoms with E-state index in [0.29, 0.717) is 6.42 Å².